The van der Waals surface area contributed by atoms with Gasteiger partial charge in [-0.05, 0) is 72.3 Å². The minimum atomic E-state index is -0.706. The standard InChI is InChI=1S/C31H23BrN4O6/c32-21-8-10-22(11-9-21)34-28(37)17-35-25-15-20(29(38)33-16-19-6-13-26-27(14-19)42-18-41-26)7-12-24(25)30(39)36(31(35)40)23-4-2-1-3-5-23/h1-15H,16-18H2,(H,33,38)(H,34,37). The van der Waals surface area contributed by atoms with Gasteiger partial charge in [0, 0.05) is 22.3 Å². The number of carbonyl (C=O) groups excluding carboxylic acids is 2. The number of fused-ring (bicyclic) bond motifs is 2. The van der Waals surface area contributed by atoms with Crippen LogP contribution < -0.4 is 31.4 Å². The van der Waals surface area contributed by atoms with E-state index in [1.54, 1.807) is 66.7 Å². The van der Waals surface area contributed by atoms with Gasteiger partial charge in [-0.1, -0.05) is 40.2 Å². The Morgan fingerprint density at radius 2 is 1.62 bits per heavy atom. The second-order valence-corrected chi connectivity index (χ2v) is 10.4. The lowest BCUT2D eigenvalue weighted by Crippen LogP contribution is -2.41. The molecule has 2 heterocycles. The number of hydrogen-bond acceptors (Lipinski definition) is 6. The van der Waals surface area contributed by atoms with E-state index in [2.05, 4.69) is 26.6 Å². The van der Waals surface area contributed by atoms with Gasteiger partial charge in [0.1, 0.15) is 6.54 Å². The van der Waals surface area contributed by atoms with Crippen LogP contribution in [0.15, 0.2) is 105 Å². The van der Waals surface area contributed by atoms with E-state index >= 15 is 0 Å². The predicted octanol–water partition coefficient (Wildman–Crippen LogP) is 4.21. The first-order valence-corrected chi connectivity index (χ1v) is 13.7. The lowest BCUT2D eigenvalue weighted by atomic mass is 10.1. The molecular weight excluding hydrogens is 604 g/mol. The van der Waals surface area contributed by atoms with E-state index in [4.69, 9.17) is 9.47 Å². The molecule has 0 radical (unpaired) electrons. The largest absolute Gasteiger partial charge is 0.454 e. The monoisotopic (exact) mass is 626 g/mol. The molecular formula is C31H23BrN4O6. The van der Waals surface area contributed by atoms with Gasteiger partial charge in [-0.3, -0.25) is 19.0 Å². The maximum absolute atomic E-state index is 13.7. The summed E-state index contributed by atoms with van der Waals surface area (Å²) in [5, 5.41) is 5.80. The van der Waals surface area contributed by atoms with Crippen LogP contribution in [0, 0.1) is 0 Å². The minimum Gasteiger partial charge on any atom is -0.454 e. The SMILES string of the molecule is O=C(Cn1c(=O)n(-c2ccccc2)c(=O)c2ccc(C(=O)NCc3ccc4c(c3)OCO4)cc21)Nc1ccc(Br)cc1. The molecule has 210 valence electrons. The van der Waals surface area contributed by atoms with Crippen molar-refractivity contribution in [2.45, 2.75) is 13.1 Å². The molecule has 10 nitrogen and oxygen atoms in total. The fourth-order valence-corrected chi connectivity index (χ4v) is 4.94. The van der Waals surface area contributed by atoms with Crippen LogP contribution in [0.3, 0.4) is 0 Å². The maximum Gasteiger partial charge on any atom is 0.336 e. The normalized spacial score (nSPS) is 11.8. The smallest absolute Gasteiger partial charge is 0.336 e. The van der Waals surface area contributed by atoms with Crippen LogP contribution in [0.5, 0.6) is 11.5 Å². The van der Waals surface area contributed by atoms with Crippen molar-refractivity contribution in [1.82, 2.24) is 14.5 Å². The highest BCUT2D eigenvalue weighted by molar-refractivity contribution is 9.10. The molecule has 0 spiro atoms. The Bertz CT molecular complexity index is 1950. The minimum absolute atomic E-state index is 0.150. The van der Waals surface area contributed by atoms with Crippen LogP contribution in [0.25, 0.3) is 16.6 Å². The van der Waals surface area contributed by atoms with Gasteiger partial charge in [0.05, 0.1) is 16.6 Å². The molecule has 1 aromatic heterocycles. The number of para-hydroxylation sites is 1. The highest BCUT2D eigenvalue weighted by atomic mass is 79.9. The number of nitrogens with one attached hydrogen (secondary N) is 2. The first kappa shape index (κ1) is 27.0. The second kappa shape index (κ2) is 11.4. The van der Waals surface area contributed by atoms with Crippen LogP contribution in [0.2, 0.25) is 0 Å². The molecule has 11 heteroatoms. The number of amides is 2. The van der Waals surface area contributed by atoms with Crippen molar-refractivity contribution in [3.8, 4) is 17.2 Å². The van der Waals surface area contributed by atoms with Gasteiger partial charge < -0.3 is 20.1 Å². The van der Waals surface area contributed by atoms with Crippen molar-refractivity contribution in [1.29, 1.82) is 0 Å². The summed E-state index contributed by atoms with van der Waals surface area (Å²) in [6.07, 6.45) is 0. The van der Waals surface area contributed by atoms with E-state index in [0.717, 1.165) is 14.6 Å². The molecule has 0 saturated carbocycles. The Kier molecular flexibility index (Phi) is 7.32. The summed E-state index contributed by atoms with van der Waals surface area (Å²) in [6, 6.07) is 25.3. The Balaban J connectivity index is 1.35. The number of anilines is 1. The first-order chi connectivity index (χ1) is 20.4. The summed E-state index contributed by atoms with van der Waals surface area (Å²) in [6.45, 7) is -0.0244. The van der Waals surface area contributed by atoms with Crippen molar-refractivity contribution in [3.05, 3.63) is 127 Å². The third-order valence-corrected chi connectivity index (χ3v) is 7.27. The third-order valence-electron chi connectivity index (χ3n) is 6.74. The van der Waals surface area contributed by atoms with Crippen LogP contribution in [0.1, 0.15) is 15.9 Å². The molecule has 1 aliphatic rings. The first-order valence-electron chi connectivity index (χ1n) is 12.9. The quantitative estimate of drug-likeness (QED) is 0.279. The Hall–Kier alpha value is -5.16. The van der Waals surface area contributed by atoms with Crippen LogP contribution >= 0.6 is 15.9 Å². The maximum atomic E-state index is 13.7. The van der Waals surface area contributed by atoms with Gasteiger partial charge >= 0.3 is 5.69 Å². The van der Waals surface area contributed by atoms with E-state index in [0.29, 0.717) is 22.9 Å². The average Bonchev–Trinajstić information content (AvgIpc) is 3.48. The van der Waals surface area contributed by atoms with Crippen LogP contribution in [0.4, 0.5) is 5.69 Å². The van der Waals surface area contributed by atoms with E-state index in [-0.39, 0.29) is 36.3 Å². The Morgan fingerprint density at radius 3 is 2.40 bits per heavy atom. The summed E-state index contributed by atoms with van der Waals surface area (Å²) in [5.41, 5.74) is 0.837. The topological polar surface area (TPSA) is 121 Å². The highest BCUT2D eigenvalue weighted by Gasteiger charge is 2.19. The number of halogens is 1. The average molecular weight is 627 g/mol. The summed E-state index contributed by atoms with van der Waals surface area (Å²) in [4.78, 5) is 53.5. The van der Waals surface area contributed by atoms with Crippen molar-refractivity contribution < 1.29 is 19.1 Å². The van der Waals surface area contributed by atoms with Gasteiger partial charge in [-0.25, -0.2) is 9.36 Å². The summed E-state index contributed by atoms with van der Waals surface area (Å²) in [5.74, 6) is 0.354. The second-order valence-electron chi connectivity index (χ2n) is 9.50. The van der Waals surface area contributed by atoms with Gasteiger partial charge in [0.25, 0.3) is 11.5 Å². The molecule has 1 aliphatic heterocycles. The van der Waals surface area contributed by atoms with E-state index in [1.165, 1.54) is 22.8 Å². The fraction of sp³-hybridized carbons (Fsp3) is 0.0968. The van der Waals surface area contributed by atoms with Crippen molar-refractivity contribution >= 4 is 44.3 Å². The molecule has 5 aromatic rings. The van der Waals surface area contributed by atoms with Crippen molar-refractivity contribution in [2.75, 3.05) is 12.1 Å². The molecule has 0 saturated heterocycles. The number of carbonyl (C=O) groups is 2. The van der Waals surface area contributed by atoms with Crippen LogP contribution in [-0.4, -0.2) is 27.7 Å². The molecule has 0 fully saturated rings. The number of ether oxygens (including phenoxy) is 2. The van der Waals surface area contributed by atoms with Gasteiger partial charge in [-0.2, -0.15) is 0 Å². The summed E-state index contributed by atoms with van der Waals surface area (Å²) < 4.78 is 13.8. The highest BCUT2D eigenvalue weighted by Crippen LogP contribution is 2.32. The number of aromatic nitrogens is 2. The molecule has 2 N–H and O–H groups in total. The molecule has 4 aromatic carbocycles. The van der Waals surface area contributed by atoms with Gasteiger partial charge in [-0.15, -0.1) is 0 Å². The number of rotatable bonds is 7. The molecule has 0 bridgehead atoms. The summed E-state index contributed by atoms with van der Waals surface area (Å²) in [7, 11) is 0. The van der Waals surface area contributed by atoms with E-state index in [1.807, 2.05) is 6.07 Å². The van der Waals surface area contributed by atoms with Crippen LogP contribution in [-0.2, 0) is 17.9 Å². The molecule has 42 heavy (non-hydrogen) atoms. The number of hydrogen-bond donors (Lipinski definition) is 2. The lowest BCUT2D eigenvalue weighted by Gasteiger charge is -2.15. The third kappa shape index (κ3) is 5.41. The Labute approximate surface area is 247 Å². The van der Waals surface area contributed by atoms with Crippen molar-refractivity contribution in [2.24, 2.45) is 0 Å². The number of benzene rings is 4. The predicted molar refractivity (Wildman–Crippen MR) is 160 cm³/mol. The summed E-state index contributed by atoms with van der Waals surface area (Å²) >= 11 is 3.36. The Morgan fingerprint density at radius 1 is 0.857 bits per heavy atom. The molecule has 0 atom stereocenters. The van der Waals surface area contributed by atoms with E-state index < -0.39 is 23.1 Å². The molecule has 2 amide bonds. The zero-order chi connectivity index (χ0) is 29.2. The lowest BCUT2D eigenvalue weighted by molar-refractivity contribution is -0.116. The van der Waals surface area contributed by atoms with Crippen molar-refractivity contribution in [3.63, 3.8) is 0 Å². The number of nitrogens with zero attached hydrogens (tertiary/aromatic N) is 2. The molecule has 0 unspecified atom stereocenters. The zero-order valence-corrected chi connectivity index (χ0v) is 23.6. The molecule has 6 rings (SSSR count). The molecule has 0 aliphatic carbocycles. The zero-order valence-electron chi connectivity index (χ0n) is 22.0. The van der Waals surface area contributed by atoms with Gasteiger partial charge in [0.2, 0.25) is 12.7 Å². The van der Waals surface area contributed by atoms with Gasteiger partial charge in [0.15, 0.2) is 11.5 Å². The fourth-order valence-electron chi connectivity index (χ4n) is 4.68. The van der Waals surface area contributed by atoms with E-state index in [9.17, 15) is 19.2 Å².